The first-order valence-corrected chi connectivity index (χ1v) is 9.33. The summed E-state index contributed by atoms with van der Waals surface area (Å²) in [5, 5.41) is 6.58. The van der Waals surface area contributed by atoms with Gasteiger partial charge in [0.2, 0.25) is 5.95 Å². The topological polar surface area (TPSA) is 77.5 Å². The van der Waals surface area contributed by atoms with Gasteiger partial charge in [-0.25, -0.2) is 4.98 Å². The number of anilines is 3. The normalized spacial score (nSPS) is 10.3. The second-order valence-corrected chi connectivity index (χ2v) is 6.43. The molecule has 7 nitrogen and oxygen atoms in total. The zero-order chi connectivity index (χ0) is 20.6. The van der Waals surface area contributed by atoms with Crippen LogP contribution in [0.15, 0.2) is 48.5 Å². The molecular formula is C22H26N4O3. The summed E-state index contributed by atoms with van der Waals surface area (Å²) in [6, 6.07) is 15.5. The predicted molar refractivity (Wildman–Crippen MR) is 115 cm³/mol. The smallest absolute Gasteiger partial charge is 0.229 e. The number of benzene rings is 2. The number of nitrogens with one attached hydrogen (secondary N) is 2. The summed E-state index contributed by atoms with van der Waals surface area (Å²) in [5.74, 6) is 3.50. The Morgan fingerprint density at radius 3 is 2.24 bits per heavy atom. The van der Waals surface area contributed by atoms with Crippen LogP contribution in [-0.4, -0.2) is 37.8 Å². The number of hydrogen-bond donors (Lipinski definition) is 2. The molecule has 0 fully saturated rings. The van der Waals surface area contributed by atoms with Gasteiger partial charge < -0.3 is 24.8 Å². The fraction of sp³-hybridized carbons (Fsp3) is 0.273. The SMILES string of the molecule is COc1ccc(CCNc2cc(C)nc(Nc3ccc(OC)cc3OC)n2)cc1. The molecule has 1 aromatic heterocycles. The lowest BCUT2D eigenvalue weighted by atomic mass is 10.1. The number of hydrogen-bond acceptors (Lipinski definition) is 7. The number of ether oxygens (including phenoxy) is 3. The van der Waals surface area contributed by atoms with Crippen LogP contribution in [0, 0.1) is 6.92 Å². The predicted octanol–water partition coefficient (Wildman–Crippen LogP) is 4.21. The van der Waals surface area contributed by atoms with Crippen molar-refractivity contribution in [3.05, 3.63) is 59.8 Å². The maximum absolute atomic E-state index is 5.43. The van der Waals surface area contributed by atoms with Gasteiger partial charge >= 0.3 is 0 Å². The lowest BCUT2D eigenvalue weighted by Gasteiger charge is -2.13. The van der Waals surface area contributed by atoms with Crippen LogP contribution < -0.4 is 24.8 Å². The van der Waals surface area contributed by atoms with E-state index in [9.17, 15) is 0 Å². The molecule has 0 saturated heterocycles. The van der Waals surface area contributed by atoms with Crippen molar-refractivity contribution in [3.63, 3.8) is 0 Å². The first-order valence-electron chi connectivity index (χ1n) is 9.33. The van der Waals surface area contributed by atoms with E-state index in [1.54, 1.807) is 21.3 Å². The summed E-state index contributed by atoms with van der Waals surface area (Å²) in [5.41, 5.74) is 2.86. The lowest BCUT2D eigenvalue weighted by Crippen LogP contribution is -2.09. The number of rotatable bonds is 9. The van der Waals surface area contributed by atoms with Gasteiger partial charge in [-0.2, -0.15) is 4.98 Å². The molecule has 0 radical (unpaired) electrons. The van der Waals surface area contributed by atoms with Crippen molar-refractivity contribution in [2.45, 2.75) is 13.3 Å². The molecule has 2 N–H and O–H groups in total. The number of aromatic nitrogens is 2. The lowest BCUT2D eigenvalue weighted by molar-refractivity contribution is 0.395. The molecule has 0 unspecified atom stereocenters. The van der Waals surface area contributed by atoms with E-state index in [2.05, 4.69) is 32.7 Å². The number of aryl methyl sites for hydroxylation is 1. The highest BCUT2D eigenvalue weighted by atomic mass is 16.5. The van der Waals surface area contributed by atoms with Gasteiger partial charge in [0.15, 0.2) is 0 Å². The van der Waals surface area contributed by atoms with Crippen molar-refractivity contribution >= 4 is 17.5 Å². The highest BCUT2D eigenvalue weighted by Gasteiger charge is 2.08. The second-order valence-electron chi connectivity index (χ2n) is 6.43. The minimum absolute atomic E-state index is 0.500. The summed E-state index contributed by atoms with van der Waals surface area (Å²) in [7, 11) is 4.90. The molecule has 0 saturated carbocycles. The molecule has 0 spiro atoms. The minimum Gasteiger partial charge on any atom is -0.497 e. The van der Waals surface area contributed by atoms with Crippen LogP contribution in [0.5, 0.6) is 17.2 Å². The molecule has 3 rings (SSSR count). The Labute approximate surface area is 171 Å². The average molecular weight is 394 g/mol. The van der Waals surface area contributed by atoms with Crippen LogP contribution in [0.3, 0.4) is 0 Å². The molecule has 29 heavy (non-hydrogen) atoms. The second kappa shape index (κ2) is 9.64. The average Bonchev–Trinajstić information content (AvgIpc) is 2.74. The van der Waals surface area contributed by atoms with E-state index in [1.165, 1.54) is 5.56 Å². The van der Waals surface area contributed by atoms with E-state index < -0.39 is 0 Å². The van der Waals surface area contributed by atoms with Crippen molar-refractivity contribution in [1.29, 1.82) is 0 Å². The van der Waals surface area contributed by atoms with Crippen molar-refractivity contribution in [2.24, 2.45) is 0 Å². The molecule has 3 aromatic rings. The standard InChI is InChI=1S/C22H26N4O3/c1-15-13-21(23-12-11-16-5-7-17(27-2)8-6-16)26-22(24-15)25-19-10-9-18(28-3)14-20(19)29-4/h5-10,13-14H,11-12H2,1-4H3,(H2,23,24,25,26). The highest BCUT2D eigenvalue weighted by Crippen LogP contribution is 2.30. The zero-order valence-electron chi connectivity index (χ0n) is 17.2. The molecular weight excluding hydrogens is 368 g/mol. The third-order valence-electron chi connectivity index (χ3n) is 4.39. The Bertz CT molecular complexity index is 945. The Morgan fingerprint density at radius 1 is 0.828 bits per heavy atom. The van der Waals surface area contributed by atoms with Crippen molar-refractivity contribution < 1.29 is 14.2 Å². The maximum atomic E-state index is 5.43. The van der Waals surface area contributed by atoms with Gasteiger partial charge in [-0.05, 0) is 43.2 Å². The Hall–Kier alpha value is -3.48. The fourth-order valence-electron chi connectivity index (χ4n) is 2.86. The summed E-state index contributed by atoms with van der Waals surface area (Å²) < 4.78 is 15.9. The van der Waals surface area contributed by atoms with Gasteiger partial charge in [0.25, 0.3) is 0 Å². The molecule has 0 atom stereocenters. The minimum atomic E-state index is 0.500. The summed E-state index contributed by atoms with van der Waals surface area (Å²) in [4.78, 5) is 9.03. The molecule has 2 aromatic carbocycles. The van der Waals surface area contributed by atoms with Gasteiger partial charge in [0.05, 0.1) is 27.0 Å². The third-order valence-corrected chi connectivity index (χ3v) is 4.39. The third kappa shape index (κ3) is 5.51. The van der Waals surface area contributed by atoms with Gasteiger partial charge in [0, 0.05) is 24.4 Å². The Morgan fingerprint density at radius 2 is 1.55 bits per heavy atom. The monoisotopic (exact) mass is 394 g/mol. The first-order chi connectivity index (χ1) is 14.1. The molecule has 152 valence electrons. The highest BCUT2D eigenvalue weighted by molar-refractivity contribution is 5.65. The molecule has 0 bridgehead atoms. The summed E-state index contributed by atoms with van der Waals surface area (Å²) in [6.07, 6.45) is 0.877. The largest absolute Gasteiger partial charge is 0.497 e. The number of nitrogens with zero attached hydrogens (tertiary/aromatic N) is 2. The summed E-state index contributed by atoms with van der Waals surface area (Å²) in [6.45, 7) is 2.70. The van der Waals surface area contributed by atoms with Gasteiger partial charge in [-0.15, -0.1) is 0 Å². The van der Waals surface area contributed by atoms with Gasteiger partial charge in [-0.1, -0.05) is 12.1 Å². The van der Waals surface area contributed by atoms with Gasteiger partial charge in [-0.3, -0.25) is 0 Å². The van der Waals surface area contributed by atoms with Crippen LogP contribution in [-0.2, 0) is 6.42 Å². The van der Waals surface area contributed by atoms with E-state index in [-0.39, 0.29) is 0 Å². The van der Waals surface area contributed by atoms with Crippen molar-refractivity contribution in [2.75, 3.05) is 38.5 Å². The molecule has 0 aliphatic heterocycles. The van der Waals surface area contributed by atoms with E-state index in [0.717, 1.165) is 41.7 Å². The quantitative estimate of drug-likeness (QED) is 0.563. The molecule has 0 amide bonds. The van der Waals surface area contributed by atoms with Crippen molar-refractivity contribution in [1.82, 2.24) is 9.97 Å². The van der Waals surface area contributed by atoms with E-state index >= 15 is 0 Å². The van der Waals surface area contributed by atoms with Gasteiger partial charge in [0.1, 0.15) is 23.1 Å². The summed E-state index contributed by atoms with van der Waals surface area (Å²) >= 11 is 0. The zero-order valence-corrected chi connectivity index (χ0v) is 17.2. The van der Waals surface area contributed by atoms with Crippen LogP contribution in [0.4, 0.5) is 17.5 Å². The maximum Gasteiger partial charge on any atom is 0.229 e. The Kier molecular flexibility index (Phi) is 6.73. The Balaban J connectivity index is 1.66. The molecule has 0 aliphatic carbocycles. The molecule has 1 heterocycles. The van der Waals surface area contributed by atoms with Crippen LogP contribution >= 0.6 is 0 Å². The van der Waals surface area contributed by atoms with Crippen LogP contribution in [0.2, 0.25) is 0 Å². The molecule has 0 aliphatic rings. The molecule has 7 heteroatoms. The van der Waals surface area contributed by atoms with E-state index in [0.29, 0.717) is 11.7 Å². The van der Waals surface area contributed by atoms with Crippen LogP contribution in [0.25, 0.3) is 0 Å². The van der Waals surface area contributed by atoms with Crippen molar-refractivity contribution in [3.8, 4) is 17.2 Å². The fourth-order valence-corrected chi connectivity index (χ4v) is 2.86. The first kappa shape index (κ1) is 20.3. The van der Waals surface area contributed by atoms with E-state index in [4.69, 9.17) is 14.2 Å². The number of methoxy groups -OCH3 is 3. The van der Waals surface area contributed by atoms with Crippen LogP contribution in [0.1, 0.15) is 11.3 Å². The van der Waals surface area contributed by atoms with E-state index in [1.807, 2.05) is 43.3 Å².